The maximum atomic E-state index is 13.5. The van der Waals surface area contributed by atoms with Crippen molar-refractivity contribution >= 4 is 23.2 Å². The fourth-order valence-corrected chi connectivity index (χ4v) is 3.83. The second-order valence-corrected chi connectivity index (χ2v) is 6.25. The zero-order valence-electron chi connectivity index (χ0n) is 10.7. The van der Waals surface area contributed by atoms with Gasteiger partial charge in [-0.1, -0.05) is 18.0 Å². The van der Waals surface area contributed by atoms with E-state index in [1.54, 1.807) is 0 Å². The molecule has 2 aliphatic rings. The van der Waals surface area contributed by atoms with Gasteiger partial charge in [-0.3, -0.25) is 4.79 Å². The summed E-state index contributed by atoms with van der Waals surface area (Å²) < 4.78 is 13.5. The fourth-order valence-electron chi connectivity index (χ4n) is 3.66. The Morgan fingerprint density at radius 3 is 2.89 bits per heavy atom. The van der Waals surface area contributed by atoms with E-state index >= 15 is 0 Å². The van der Waals surface area contributed by atoms with Crippen LogP contribution in [0.15, 0.2) is 18.2 Å². The van der Waals surface area contributed by atoms with Crippen LogP contribution in [-0.2, 0) is 4.79 Å². The lowest BCUT2D eigenvalue weighted by molar-refractivity contribution is -0.117. The van der Waals surface area contributed by atoms with Crippen LogP contribution in [0.2, 0.25) is 5.02 Å². The molecule has 1 aromatic carbocycles. The first-order valence-corrected chi connectivity index (χ1v) is 7.24. The highest BCUT2D eigenvalue weighted by molar-refractivity contribution is 6.30. The predicted molar refractivity (Wildman–Crippen MR) is 73.6 cm³/mol. The van der Waals surface area contributed by atoms with E-state index in [2.05, 4.69) is 5.32 Å². The molecule has 2 fully saturated rings. The third-order valence-electron chi connectivity index (χ3n) is 4.53. The minimum absolute atomic E-state index is 0.0984. The molecular formula is C15H17ClFNO. The number of amides is 1. The van der Waals surface area contributed by atoms with E-state index in [1.165, 1.54) is 37.5 Å². The third-order valence-corrected chi connectivity index (χ3v) is 4.77. The molecule has 0 spiro atoms. The Balaban J connectivity index is 1.61. The molecule has 2 aliphatic carbocycles. The molecule has 1 amide bonds. The lowest BCUT2D eigenvalue weighted by atomic mass is 9.86. The van der Waals surface area contributed by atoms with Crippen molar-refractivity contribution < 1.29 is 9.18 Å². The second kappa shape index (κ2) is 5.12. The summed E-state index contributed by atoms with van der Waals surface area (Å²) in [6.45, 7) is 0. The topological polar surface area (TPSA) is 29.1 Å². The van der Waals surface area contributed by atoms with Crippen molar-refractivity contribution in [1.82, 2.24) is 0 Å². The number of rotatable bonds is 3. The molecule has 2 saturated carbocycles. The van der Waals surface area contributed by atoms with E-state index in [1.807, 2.05) is 0 Å². The molecule has 0 saturated heterocycles. The van der Waals surface area contributed by atoms with Gasteiger partial charge in [0, 0.05) is 11.4 Å². The van der Waals surface area contributed by atoms with Crippen LogP contribution in [0.1, 0.15) is 32.1 Å². The number of nitrogens with one attached hydrogen (secondary N) is 1. The smallest absolute Gasteiger partial charge is 0.224 e. The minimum Gasteiger partial charge on any atom is -0.324 e. The van der Waals surface area contributed by atoms with Crippen molar-refractivity contribution in [2.45, 2.75) is 32.1 Å². The first kappa shape index (κ1) is 12.9. The lowest BCUT2D eigenvalue weighted by Crippen LogP contribution is -2.20. The Kier molecular flexibility index (Phi) is 3.48. The highest BCUT2D eigenvalue weighted by Gasteiger charge is 2.40. The molecule has 0 radical (unpaired) electrons. The van der Waals surface area contributed by atoms with Crippen LogP contribution >= 0.6 is 11.6 Å². The Morgan fingerprint density at radius 2 is 2.21 bits per heavy atom. The number of hydrogen-bond donors (Lipinski definition) is 1. The first-order valence-electron chi connectivity index (χ1n) is 6.86. The second-order valence-electron chi connectivity index (χ2n) is 5.81. The summed E-state index contributed by atoms with van der Waals surface area (Å²) in [7, 11) is 0. The van der Waals surface area contributed by atoms with E-state index in [9.17, 15) is 9.18 Å². The van der Waals surface area contributed by atoms with E-state index < -0.39 is 5.82 Å². The maximum Gasteiger partial charge on any atom is 0.224 e. The zero-order chi connectivity index (χ0) is 13.4. The summed E-state index contributed by atoms with van der Waals surface area (Å²) in [5.74, 6) is 1.48. The van der Waals surface area contributed by atoms with Gasteiger partial charge < -0.3 is 5.32 Å². The molecule has 3 rings (SSSR count). The van der Waals surface area contributed by atoms with E-state index in [0.717, 1.165) is 12.3 Å². The number of benzene rings is 1. The lowest BCUT2D eigenvalue weighted by Gasteiger charge is -2.21. The molecular weight excluding hydrogens is 265 g/mol. The summed E-state index contributed by atoms with van der Waals surface area (Å²) in [6, 6.07) is 4.20. The van der Waals surface area contributed by atoms with Crippen molar-refractivity contribution in [1.29, 1.82) is 0 Å². The molecule has 3 atom stereocenters. The normalized spacial score (nSPS) is 28.6. The molecule has 2 bridgehead atoms. The molecule has 1 N–H and O–H groups in total. The Hall–Kier alpha value is -1.09. The number of fused-ring (bicyclic) bond motifs is 2. The Morgan fingerprint density at radius 1 is 1.37 bits per heavy atom. The van der Waals surface area contributed by atoms with E-state index in [0.29, 0.717) is 23.3 Å². The van der Waals surface area contributed by atoms with Gasteiger partial charge in [0.25, 0.3) is 0 Å². The van der Waals surface area contributed by atoms with Crippen LogP contribution in [0.5, 0.6) is 0 Å². The predicted octanol–water partition coefficient (Wildman–Crippen LogP) is 4.24. The van der Waals surface area contributed by atoms with Gasteiger partial charge in [-0.25, -0.2) is 4.39 Å². The first-order chi connectivity index (χ1) is 9.11. The standard InChI is InChI=1S/C15H17ClFNO/c16-12-3-4-13(17)14(8-12)18-15(19)7-11-6-9-1-2-10(11)5-9/h3-4,8-11H,1-2,5-7H2,(H,18,19)/t9-,10-,11-/m0/s1. The van der Waals surface area contributed by atoms with Crippen LogP contribution in [0.3, 0.4) is 0 Å². The summed E-state index contributed by atoms with van der Waals surface area (Å²) in [5, 5.41) is 3.07. The van der Waals surface area contributed by atoms with E-state index in [4.69, 9.17) is 11.6 Å². The highest BCUT2D eigenvalue weighted by Crippen LogP contribution is 2.49. The average Bonchev–Trinajstić information content (AvgIpc) is 2.96. The molecule has 0 aromatic heterocycles. The highest BCUT2D eigenvalue weighted by atomic mass is 35.5. The SMILES string of the molecule is O=C(C[C@@H]1C[C@H]2CC[C@H]1C2)Nc1cc(Cl)ccc1F. The van der Waals surface area contributed by atoms with Crippen LogP contribution in [-0.4, -0.2) is 5.91 Å². The Bertz CT molecular complexity index is 505. The molecule has 4 heteroatoms. The maximum absolute atomic E-state index is 13.5. The van der Waals surface area contributed by atoms with Gasteiger partial charge in [0.1, 0.15) is 5.82 Å². The minimum atomic E-state index is -0.439. The van der Waals surface area contributed by atoms with Gasteiger partial charge in [-0.05, 0) is 55.2 Å². The van der Waals surface area contributed by atoms with Gasteiger partial charge in [-0.15, -0.1) is 0 Å². The van der Waals surface area contributed by atoms with Gasteiger partial charge in [0.2, 0.25) is 5.91 Å². The summed E-state index contributed by atoms with van der Waals surface area (Å²) in [6.07, 6.45) is 5.53. The molecule has 19 heavy (non-hydrogen) atoms. The van der Waals surface area contributed by atoms with Crippen LogP contribution < -0.4 is 5.32 Å². The van der Waals surface area contributed by atoms with E-state index in [-0.39, 0.29) is 11.6 Å². The third kappa shape index (κ3) is 2.76. The molecule has 0 unspecified atom stereocenters. The molecule has 0 heterocycles. The molecule has 0 aliphatic heterocycles. The number of anilines is 1. The van der Waals surface area contributed by atoms with Crippen molar-refractivity contribution in [3.63, 3.8) is 0 Å². The van der Waals surface area contributed by atoms with Crippen molar-refractivity contribution in [2.24, 2.45) is 17.8 Å². The van der Waals surface area contributed by atoms with Crippen molar-refractivity contribution in [3.8, 4) is 0 Å². The Labute approximate surface area is 117 Å². The summed E-state index contributed by atoms with van der Waals surface area (Å²) in [5.41, 5.74) is 0.181. The van der Waals surface area contributed by atoms with Gasteiger partial charge in [-0.2, -0.15) is 0 Å². The number of hydrogen-bond acceptors (Lipinski definition) is 1. The zero-order valence-corrected chi connectivity index (χ0v) is 11.4. The fraction of sp³-hybridized carbons (Fsp3) is 0.533. The van der Waals surface area contributed by atoms with Gasteiger partial charge >= 0.3 is 0 Å². The van der Waals surface area contributed by atoms with Crippen LogP contribution in [0.4, 0.5) is 10.1 Å². The molecule has 102 valence electrons. The summed E-state index contributed by atoms with van der Waals surface area (Å²) in [4.78, 5) is 12.0. The average molecular weight is 282 g/mol. The number of carbonyl (C=O) groups excluding carboxylic acids is 1. The van der Waals surface area contributed by atoms with Crippen molar-refractivity contribution in [3.05, 3.63) is 29.0 Å². The number of carbonyl (C=O) groups is 1. The van der Waals surface area contributed by atoms with Crippen LogP contribution in [0, 0.1) is 23.6 Å². The monoisotopic (exact) mass is 281 g/mol. The molecule has 1 aromatic rings. The number of halogens is 2. The van der Waals surface area contributed by atoms with Gasteiger partial charge in [0.15, 0.2) is 0 Å². The van der Waals surface area contributed by atoms with Crippen molar-refractivity contribution in [2.75, 3.05) is 5.32 Å². The van der Waals surface area contributed by atoms with Gasteiger partial charge in [0.05, 0.1) is 5.69 Å². The van der Waals surface area contributed by atoms with Crippen LogP contribution in [0.25, 0.3) is 0 Å². The molecule has 2 nitrogen and oxygen atoms in total. The largest absolute Gasteiger partial charge is 0.324 e. The summed E-state index contributed by atoms with van der Waals surface area (Å²) >= 11 is 5.80. The quantitative estimate of drug-likeness (QED) is 0.882.